The zero-order valence-corrected chi connectivity index (χ0v) is 10.6. The third kappa shape index (κ3) is 4.45. The first-order chi connectivity index (χ1) is 7.53. The normalized spacial score (nSPS) is 12.6. The van der Waals surface area contributed by atoms with Gasteiger partial charge < -0.3 is 9.32 Å². The monoisotopic (exact) mass is 221 g/mol. The summed E-state index contributed by atoms with van der Waals surface area (Å²) in [5.74, 6) is 0. The van der Waals surface area contributed by atoms with E-state index in [-0.39, 0.29) is 0 Å². The van der Waals surface area contributed by atoms with Gasteiger partial charge in [0.25, 0.3) is 0 Å². The molecular weight excluding hydrogens is 200 g/mol. The van der Waals surface area contributed by atoms with E-state index < -0.39 is 0 Å². The van der Waals surface area contributed by atoms with E-state index in [9.17, 15) is 0 Å². The zero-order chi connectivity index (χ0) is 12.0. The fourth-order valence-electron chi connectivity index (χ4n) is 1.42. The Morgan fingerprint density at radius 3 is 2.31 bits per heavy atom. The molecule has 0 aliphatic carbocycles. The first-order valence-electron chi connectivity index (χ1n) is 5.49. The highest BCUT2D eigenvalue weighted by atomic mass is 16.6. The van der Waals surface area contributed by atoms with Gasteiger partial charge in [0.2, 0.25) is 0 Å². The molecule has 1 aromatic rings. The Labute approximate surface area is 97.9 Å². The van der Waals surface area contributed by atoms with Gasteiger partial charge in [-0.25, -0.2) is 0 Å². The van der Waals surface area contributed by atoms with Crippen molar-refractivity contribution < 1.29 is 9.32 Å². The summed E-state index contributed by atoms with van der Waals surface area (Å²) >= 11 is 0. The second-order valence-electron chi connectivity index (χ2n) is 4.85. The van der Waals surface area contributed by atoms with Crippen LogP contribution in [-0.4, -0.2) is 45.0 Å². The number of benzene rings is 1. The quantitative estimate of drug-likeness (QED) is 0.424. The predicted octanol–water partition coefficient (Wildman–Crippen LogP) is 2.13. The Kier molecular flexibility index (Phi) is 4.50. The lowest BCUT2D eigenvalue weighted by Crippen LogP contribution is -2.36. The minimum absolute atomic E-state index is 0.918. The maximum atomic E-state index is 4.90. The summed E-state index contributed by atoms with van der Waals surface area (Å²) in [5, 5.41) is 4.10. The van der Waals surface area contributed by atoms with E-state index in [2.05, 4.69) is 38.4 Å². The van der Waals surface area contributed by atoms with Crippen molar-refractivity contribution in [3.63, 3.8) is 0 Å². The number of oxime groups is 1. The van der Waals surface area contributed by atoms with Crippen molar-refractivity contribution in [3.8, 4) is 0 Å². The Morgan fingerprint density at radius 2 is 1.81 bits per heavy atom. The number of nitrogens with zero attached hydrogens (tertiary/aromatic N) is 2. The zero-order valence-electron chi connectivity index (χ0n) is 10.6. The molecule has 3 heteroatoms. The Balaban J connectivity index is 2.74. The van der Waals surface area contributed by atoms with Crippen LogP contribution in [0.15, 0.2) is 35.5 Å². The highest BCUT2D eigenvalue weighted by Gasteiger charge is 2.11. The Morgan fingerprint density at radius 1 is 1.19 bits per heavy atom. The summed E-state index contributed by atoms with van der Waals surface area (Å²) in [5.41, 5.74) is 2.15. The molecule has 1 aromatic carbocycles. The fourth-order valence-corrected chi connectivity index (χ4v) is 1.42. The van der Waals surface area contributed by atoms with Crippen LogP contribution in [0.2, 0.25) is 0 Å². The van der Waals surface area contributed by atoms with Gasteiger partial charge >= 0.3 is 0 Å². The molecule has 88 valence electrons. The molecule has 0 radical (unpaired) electrons. The van der Waals surface area contributed by atoms with E-state index in [1.54, 1.807) is 7.11 Å². The molecule has 0 saturated carbocycles. The van der Waals surface area contributed by atoms with Gasteiger partial charge in [-0.15, -0.1) is 0 Å². The van der Waals surface area contributed by atoms with Gasteiger partial charge in [0.15, 0.2) is 0 Å². The predicted molar refractivity (Wildman–Crippen MR) is 67.5 cm³/mol. The number of hydrogen-bond acceptors (Lipinski definition) is 2. The lowest BCUT2D eigenvalue weighted by Gasteiger charge is -2.23. The van der Waals surface area contributed by atoms with Gasteiger partial charge in [0, 0.05) is 6.42 Å². The van der Waals surface area contributed by atoms with Crippen LogP contribution in [-0.2, 0) is 4.84 Å². The van der Waals surface area contributed by atoms with Crippen LogP contribution in [0.3, 0.4) is 0 Å². The fraction of sp³-hybridized carbons (Fsp3) is 0.462. The number of quaternary nitrogens is 1. The molecule has 0 unspecified atom stereocenters. The average molecular weight is 221 g/mol. The average Bonchev–Trinajstić information content (AvgIpc) is 2.24. The lowest BCUT2D eigenvalue weighted by atomic mass is 10.1. The number of rotatable bonds is 5. The highest BCUT2D eigenvalue weighted by molar-refractivity contribution is 6.00. The molecule has 0 fully saturated rings. The van der Waals surface area contributed by atoms with Crippen molar-refractivity contribution in [3.05, 3.63) is 35.9 Å². The summed E-state index contributed by atoms with van der Waals surface area (Å²) in [4.78, 5) is 4.90. The van der Waals surface area contributed by atoms with Crippen molar-refractivity contribution >= 4 is 5.71 Å². The molecule has 0 aliphatic rings. The van der Waals surface area contributed by atoms with E-state index >= 15 is 0 Å². The minimum Gasteiger partial charge on any atom is -0.399 e. The Bertz CT molecular complexity index is 339. The lowest BCUT2D eigenvalue weighted by molar-refractivity contribution is -0.869. The third-order valence-electron chi connectivity index (χ3n) is 2.33. The van der Waals surface area contributed by atoms with Crippen LogP contribution in [0.5, 0.6) is 0 Å². The van der Waals surface area contributed by atoms with Crippen molar-refractivity contribution in [2.75, 3.05) is 34.8 Å². The second-order valence-corrected chi connectivity index (χ2v) is 4.85. The first-order valence-corrected chi connectivity index (χ1v) is 5.49. The van der Waals surface area contributed by atoms with Crippen LogP contribution >= 0.6 is 0 Å². The van der Waals surface area contributed by atoms with Crippen LogP contribution < -0.4 is 0 Å². The van der Waals surface area contributed by atoms with E-state index in [0.717, 1.165) is 28.7 Å². The van der Waals surface area contributed by atoms with E-state index in [1.165, 1.54) is 0 Å². The third-order valence-corrected chi connectivity index (χ3v) is 2.33. The summed E-state index contributed by atoms with van der Waals surface area (Å²) in [7, 11) is 8.12. The van der Waals surface area contributed by atoms with Crippen LogP contribution in [0.4, 0.5) is 0 Å². The van der Waals surface area contributed by atoms with Gasteiger partial charge in [0.05, 0.1) is 33.4 Å². The molecular formula is C13H21N2O+. The van der Waals surface area contributed by atoms with Gasteiger partial charge in [-0.2, -0.15) is 0 Å². The maximum Gasteiger partial charge on any atom is 0.106 e. The Hall–Kier alpha value is -1.35. The smallest absolute Gasteiger partial charge is 0.106 e. The number of hydrogen-bond donors (Lipinski definition) is 0. The molecule has 0 saturated heterocycles. The van der Waals surface area contributed by atoms with Gasteiger partial charge in [-0.3, -0.25) is 0 Å². The molecule has 0 aliphatic heterocycles. The first kappa shape index (κ1) is 12.7. The van der Waals surface area contributed by atoms with Gasteiger partial charge in [-0.1, -0.05) is 35.5 Å². The van der Waals surface area contributed by atoms with Crippen LogP contribution in [0, 0.1) is 0 Å². The topological polar surface area (TPSA) is 21.6 Å². The summed E-state index contributed by atoms with van der Waals surface area (Å²) in [6, 6.07) is 10.2. The summed E-state index contributed by atoms with van der Waals surface area (Å²) < 4.78 is 0.926. The van der Waals surface area contributed by atoms with E-state index in [4.69, 9.17) is 4.84 Å². The van der Waals surface area contributed by atoms with Gasteiger partial charge in [-0.05, 0) is 5.56 Å². The highest BCUT2D eigenvalue weighted by Crippen LogP contribution is 2.07. The second kappa shape index (κ2) is 5.66. The molecule has 0 aromatic heterocycles. The molecule has 16 heavy (non-hydrogen) atoms. The van der Waals surface area contributed by atoms with Crippen molar-refractivity contribution in [2.45, 2.75) is 6.42 Å². The maximum absolute atomic E-state index is 4.90. The standard InChI is InChI=1S/C13H21N2O/c1-15(2,3)11-10-13(14-16-4)12-8-6-5-7-9-12/h5-9H,10-11H2,1-4H3/q+1/b14-13-. The van der Waals surface area contributed by atoms with E-state index in [0.29, 0.717) is 0 Å². The summed E-state index contributed by atoms with van der Waals surface area (Å²) in [6.45, 7) is 1.04. The van der Waals surface area contributed by atoms with Crippen molar-refractivity contribution in [2.24, 2.45) is 5.16 Å². The summed E-state index contributed by atoms with van der Waals surface area (Å²) in [6.07, 6.45) is 0.918. The molecule has 0 amide bonds. The van der Waals surface area contributed by atoms with E-state index in [1.807, 2.05) is 18.2 Å². The minimum atomic E-state index is 0.918. The largest absolute Gasteiger partial charge is 0.399 e. The van der Waals surface area contributed by atoms with Crippen molar-refractivity contribution in [1.29, 1.82) is 0 Å². The van der Waals surface area contributed by atoms with Gasteiger partial charge in [0.1, 0.15) is 7.11 Å². The van der Waals surface area contributed by atoms with Crippen molar-refractivity contribution in [1.82, 2.24) is 0 Å². The SMILES string of the molecule is CO/N=C(/CC[N+](C)(C)C)c1ccccc1. The molecule has 3 nitrogen and oxygen atoms in total. The molecule has 0 heterocycles. The van der Waals surface area contributed by atoms with Crippen LogP contribution in [0.1, 0.15) is 12.0 Å². The molecule has 0 bridgehead atoms. The molecule has 0 N–H and O–H groups in total. The molecule has 0 atom stereocenters. The van der Waals surface area contributed by atoms with Crippen LogP contribution in [0.25, 0.3) is 0 Å². The molecule has 0 spiro atoms. The molecule has 1 rings (SSSR count).